The number of nitrogens with one attached hydrogen (secondary N) is 1. The number of rotatable bonds is 4. The normalized spacial score (nSPS) is 11.3. The Bertz CT molecular complexity index is 1020. The maximum Gasteiger partial charge on any atom is 0.276 e. The van der Waals surface area contributed by atoms with E-state index >= 15 is 0 Å². The van der Waals surface area contributed by atoms with Crippen LogP contribution in [-0.4, -0.2) is 19.3 Å². The van der Waals surface area contributed by atoms with Gasteiger partial charge in [0.2, 0.25) is 9.84 Å². The van der Waals surface area contributed by atoms with Gasteiger partial charge in [-0.1, -0.05) is 11.6 Å². The van der Waals surface area contributed by atoms with Gasteiger partial charge in [0.05, 0.1) is 10.4 Å². The number of thiazole rings is 1. The van der Waals surface area contributed by atoms with Crippen LogP contribution in [0.2, 0.25) is 5.02 Å². The number of nitrogens with zero attached hydrogens (tertiary/aromatic N) is 1. The SMILES string of the molecule is O=C(Nc1ccc(F)cc1)c1ncsc1S(=O)(=O)c1ccc(Cl)cc1. The molecule has 9 heteroatoms. The third-order valence-electron chi connectivity index (χ3n) is 3.22. The summed E-state index contributed by atoms with van der Waals surface area (Å²) in [5.74, 6) is -1.14. The minimum absolute atomic E-state index is 0.0111. The summed E-state index contributed by atoms with van der Waals surface area (Å²) in [6.45, 7) is 0. The first-order chi connectivity index (χ1) is 11.9. The number of carbonyl (C=O) groups excluding carboxylic acids is 1. The molecule has 0 aliphatic heterocycles. The van der Waals surface area contributed by atoms with E-state index in [0.717, 1.165) is 11.3 Å². The molecule has 128 valence electrons. The predicted octanol–water partition coefficient (Wildman–Crippen LogP) is 4.02. The minimum atomic E-state index is -3.91. The molecule has 0 saturated heterocycles. The third kappa shape index (κ3) is 3.71. The zero-order valence-electron chi connectivity index (χ0n) is 12.4. The Morgan fingerprint density at radius 1 is 1.08 bits per heavy atom. The second kappa shape index (κ2) is 6.91. The van der Waals surface area contributed by atoms with Crippen molar-refractivity contribution in [1.82, 2.24) is 4.98 Å². The first kappa shape index (κ1) is 17.5. The van der Waals surface area contributed by atoms with Gasteiger partial charge in [0.15, 0.2) is 9.90 Å². The number of hydrogen-bond donors (Lipinski definition) is 1. The van der Waals surface area contributed by atoms with E-state index in [-0.39, 0.29) is 14.8 Å². The Hall–Kier alpha value is -2.29. The molecule has 0 aliphatic rings. The highest BCUT2D eigenvalue weighted by Gasteiger charge is 2.27. The zero-order chi connectivity index (χ0) is 18.0. The summed E-state index contributed by atoms with van der Waals surface area (Å²) >= 11 is 6.62. The lowest BCUT2D eigenvalue weighted by Gasteiger charge is -2.06. The van der Waals surface area contributed by atoms with Crippen molar-refractivity contribution in [2.75, 3.05) is 5.32 Å². The number of amides is 1. The molecule has 0 spiro atoms. The van der Waals surface area contributed by atoms with Crippen molar-refractivity contribution in [3.8, 4) is 0 Å². The smallest absolute Gasteiger partial charge is 0.276 e. The number of hydrogen-bond acceptors (Lipinski definition) is 5. The molecular weight excluding hydrogens is 387 g/mol. The van der Waals surface area contributed by atoms with Gasteiger partial charge in [0.25, 0.3) is 5.91 Å². The predicted molar refractivity (Wildman–Crippen MR) is 93.4 cm³/mol. The second-order valence-electron chi connectivity index (χ2n) is 4.91. The largest absolute Gasteiger partial charge is 0.321 e. The van der Waals surface area contributed by atoms with E-state index in [1.807, 2.05) is 0 Å². The third-order valence-corrected chi connectivity index (χ3v) is 6.61. The van der Waals surface area contributed by atoms with Crippen molar-refractivity contribution in [1.29, 1.82) is 0 Å². The van der Waals surface area contributed by atoms with E-state index in [4.69, 9.17) is 11.6 Å². The van der Waals surface area contributed by atoms with Gasteiger partial charge in [-0.15, -0.1) is 11.3 Å². The fraction of sp³-hybridized carbons (Fsp3) is 0. The van der Waals surface area contributed by atoms with Crippen LogP contribution in [0, 0.1) is 5.82 Å². The van der Waals surface area contributed by atoms with Gasteiger partial charge < -0.3 is 5.32 Å². The Kier molecular flexibility index (Phi) is 4.85. The van der Waals surface area contributed by atoms with Crippen LogP contribution in [0.3, 0.4) is 0 Å². The van der Waals surface area contributed by atoms with E-state index in [1.54, 1.807) is 0 Å². The van der Waals surface area contributed by atoms with Crippen LogP contribution < -0.4 is 5.32 Å². The molecule has 0 saturated carbocycles. The van der Waals surface area contributed by atoms with Gasteiger partial charge in [-0.2, -0.15) is 0 Å². The number of aromatic nitrogens is 1. The fourth-order valence-corrected chi connectivity index (χ4v) is 4.69. The number of benzene rings is 2. The van der Waals surface area contributed by atoms with E-state index in [2.05, 4.69) is 10.3 Å². The van der Waals surface area contributed by atoms with Gasteiger partial charge in [-0.25, -0.2) is 17.8 Å². The average Bonchev–Trinajstić information content (AvgIpc) is 3.08. The number of anilines is 1. The van der Waals surface area contributed by atoms with Crippen molar-refractivity contribution < 1.29 is 17.6 Å². The van der Waals surface area contributed by atoms with Crippen molar-refractivity contribution in [2.24, 2.45) is 0 Å². The lowest BCUT2D eigenvalue weighted by molar-refractivity contribution is 0.102. The fourth-order valence-electron chi connectivity index (χ4n) is 2.02. The summed E-state index contributed by atoms with van der Waals surface area (Å²) < 4.78 is 38.2. The highest BCUT2D eigenvalue weighted by molar-refractivity contribution is 7.93. The number of carbonyl (C=O) groups is 1. The van der Waals surface area contributed by atoms with Crippen molar-refractivity contribution in [2.45, 2.75) is 9.10 Å². The van der Waals surface area contributed by atoms with Crippen LogP contribution in [0.25, 0.3) is 0 Å². The molecular formula is C16H10ClFN2O3S2. The van der Waals surface area contributed by atoms with E-state index in [0.29, 0.717) is 10.7 Å². The average molecular weight is 397 g/mol. The van der Waals surface area contributed by atoms with Gasteiger partial charge >= 0.3 is 0 Å². The van der Waals surface area contributed by atoms with Gasteiger partial charge in [-0.05, 0) is 48.5 Å². The molecule has 3 aromatic rings. The summed E-state index contributed by atoms with van der Waals surface area (Å²) in [6, 6.07) is 10.7. The first-order valence-corrected chi connectivity index (χ1v) is 9.63. The first-order valence-electron chi connectivity index (χ1n) is 6.89. The maximum absolute atomic E-state index is 12.9. The molecule has 25 heavy (non-hydrogen) atoms. The van der Waals surface area contributed by atoms with E-state index < -0.39 is 21.6 Å². The molecule has 1 aromatic heterocycles. The van der Waals surface area contributed by atoms with Crippen LogP contribution in [0.4, 0.5) is 10.1 Å². The topological polar surface area (TPSA) is 76.1 Å². The van der Waals surface area contributed by atoms with Crippen molar-refractivity contribution in [3.63, 3.8) is 0 Å². The van der Waals surface area contributed by atoms with Gasteiger partial charge in [0.1, 0.15) is 5.82 Å². The summed E-state index contributed by atoms with van der Waals surface area (Å²) in [6.07, 6.45) is 0. The highest BCUT2D eigenvalue weighted by Crippen LogP contribution is 2.28. The highest BCUT2D eigenvalue weighted by atomic mass is 35.5. The zero-order valence-corrected chi connectivity index (χ0v) is 14.8. The Balaban J connectivity index is 1.93. The molecule has 0 aliphatic carbocycles. The van der Waals surface area contributed by atoms with Crippen LogP contribution in [-0.2, 0) is 9.84 Å². The lowest BCUT2D eigenvalue weighted by atomic mass is 10.3. The second-order valence-corrected chi connectivity index (χ2v) is 8.34. The van der Waals surface area contributed by atoms with Crippen LogP contribution >= 0.6 is 22.9 Å². The molecule has 0 fully saturated rings. The molecule has 3 rings (SSSR count). The Labute approximate surface area is 152 Å². The molecule has 5 nitrogen and oxygen atoms in total. The molecule has 0 radical (unpaired) electrons. The Morgan fingerprint density at radius 2 is 1.72 bits per heavy atom. The molecule has 1 amide bonds. The molecule has 0 atom stereocenters. The molecule has 0 bridgehead atoms. The summed E-state index contributed by atoms with van der Waals surface area (Å²) in [7, 11) is -3.91. The number of sulfone groups is 1. The summed E-state index contributed by atoms with van der Waals surface area (Å²) in [5.41, 5.74) is 1.39. The summed E-state index contributed by atoms with van der Waals surface area (Å²) in [5, 5.41) is 2.90. The minimum Gasteiger partial charge on any atom is -0.321 e. The maximum atomic E-state index is 12.9. The van der Waals surface area contributed by atoms with Gasteiger partial charge in [-0.3, -0.25) is 4.79 Å². The molecule has 1 N–H and O–H groups in total. The summed E-state index contributed by atoms with van der Waals surface area (Å²) in [4.78, 5) is 16.2. The van der Waals surface area contributed by atoms with E-state index in [9.17, 15) is 17.6 Å². The molecule has 2 aromatic carbocycles. The lowest BCUT2D eigenvalue weighted by Crippen LogP contribution is -2.16. The van der Waals surface area contributed by atoms with Gasteiger partial charge in [0, 0.05) is 10.7 Å². The standard InChI is InChI=1S/C16H10ClFN2O3S2/c17-10-1-7-13(8-2-10)25(22,23)16-14(19-9-24-16)15(21)20-12-5-3-11(18)4-6-12/h1-9H,(H,20,21). The van der Waals surface area contributed by atoms with E-state index in [1.165, 1.54) is 54.0 Å². The van der Waals surface area contributed by atoms with Crippen LogP contribution in [0.15, 0.2) is 63.1 Å². The van der Waals surface area contributed by atoms with Crippen LogP contribution in [0.1, 0.15) is 10.5 Å². The quantitative estimate of drug-likeness (QED) is 0.722. The molecule has 0 unspecified atom stereocenters. The molecule has 1 heterocycles. The monoisotopic (exact) mass is 396 g/mol. The van der Waals surface area contributed by atoms with Crippen molar-refractivity contribution >= 4 is 44.4 Å². The van der Waals surface area contributed by atoms with Crippen molar-refractivity contribution in [3.05, 3.63) is 70.6 Å². The van der Waals surface area contributed by atoms with Crippen LogP contribution in [0.5, 0.6) is 0 Å². The number of halogens is 2. The Morgan fingerprint density at radius 3 is 2.36 bits per heavy atom.